The molecule has 25 heavy (non-hydrogen) atoms. The first-order valence-corrected chi connectivity index (χ1v) is 8.28. The molecule has 134 valence electrons. The van der Waals surface area contributed by atoms with Crippen LogP contribution in [0.3, 0.4) is 0 Å². The molecule has 2 atom stereocenters. The van der Waals surface area contributed by atoms with Gasteiger partial charge in [-0.2, -0.15) is 0 Å². The molecule has 2 aromatic rings. The molecule has 3 N–H and O–H groups in total. The molecule has 0 radical (unpaired) electrons. The smallest absolute Gasteiger partial charge is 0.407 e. The Morgan fingerprint density at radius 1 is 1.32 bits per heavy atom. The van der Waals surface area contributed by atoms with Gasteiger partial charge >= 0.3 is 6.09 Å². The van der Waals surface area contributed by atoms with E-state index in [9.17, 15) is 15.0 Å². The largest absolute Gasteiger partial charge is 0.445 e. The summed E-state index contributed by atoms with van der Waals surface area (Å²) in [6.07, 6.45) is -1.22. The number of hydrogen-bond acceptors (Lipinski definition) is 5. The van der Waals surface area contributed by atoms with Gasteiger partial charge in [-0.3, -0.25) is 4.98 Å². The number of aliphatic hydroxyl groups is 2. The van der Waals surface area contributed by atoms with Crippen molar-refractivity contribution in [2.24, 2.45) is 0 Å². The number of halogens is 1. The SMILES string of the molecule is Cc1cc(Cl)cnc1C(O)C(O)CCNC(=O)OCc1ccccc1. The number of pyridine rings is 1. The molecule has 0 spiro atoms. The van der Waals surface area contributed by atoms with Gasteiger partial charge in [-0.25, -0.2) is 4.79 Å². The molecule has 1 aromatic heterocycles. The van der Waals surface area contributed by atoms with Crippen LogP contribution < -0.4 is 5.32 Å². The Balaban J connectivity index is 1.74. The first-order valence-electron chi connectivity index (χ1n) is 7.90. The normalized spacial score (nSPS) is 13.1. The summed E-state index contributed by atoms with van der Waals surface area (Å²) in [6, 6.07) is 11.0. The first kappa shape index (κ1) is 19.2. The monoisotopic (exact) mass is 364 g/mol. The molecule has 1 heterocycles. The van der Waals surface area contributed by atoms with Gasteiger partial charge in [0.05, 0.1) is 16.8 Å². The highest BCUT2D eigenvalue weighted by Gasteiger charge is 2.21. The van der Waals surface area contributed by atoms with Crippen molar-refractivity contribution < 1.29 is 19.7 Å². The number of aryl methyl sites for hydroxylation is 1. The van der Waals surface area contributed by atoms with Gasteiger partial charge in [0.25, 0.3) is 0 Å². The lowest BCUT2D eigenvalue weighted by Crippen LogP contribution is -2.30. The summed E-state index contributed by atoms with van der Waals surface area (Å²) in [4.78, 5) is 15.7. The van der Waals surface area contributed by atoms with Crippen LogP contribution in [-0.2, 0) is 11.3 Å². The van der Waals surface area contributed by atoms with Crippen LogP contribution in [0.1, 0.15) is 29.3 Å². The number of hydrogen-bond donors (Lipinski definition) is 3. The van der Waals surface area contributed by atoms with Crippen LogP contribution in [0.15, 0.2) is 42.6 Å². The number of carbonyl (C=O) groups is 1. The van der Waals surface area contributed by atoms with Crippen molar-refractivity contribution in [1.82, 2.24) is 10.3 Å². The van der Waals surface area contributed by atoms with Gasteiger partial charge in [-0.05, 0) is 30.5 Å². The number of aromatic nitrogens is 1. The molecule has 0 aliphatic carbocycles. The van der Waals surface area contributed by atoms with Crippen molar-refractivity contribution in [1.29, 1.82) is 0 Å². The van der Waals surface area contributed by atoms with Crippen LogP contribution in [0.25, 0.3) is 0 Å². The minimum atomic E-state index is -1.15. The van der Waals surface area contributed by atoms with Crippen molar-refractivity contribution in [2.75, 3.05) is 6.54 Å². The number of nitrogens with zero attached hydrogens (tertiary/aromatic N) is 1. The lowest BCUT2D eigenvalue weighted by molar-refractivity contribution is 0.0107. The number of carbonyl (C=O) groups excluding carboxylic acids is 1. The fraction of sp³-hybridized carbons (Fsp3) is 0.333. The standard InChI is InChI=1S/C18H21ClN2O4/c1-12-9-14(19)10-21-16(12)17(23)15(22)7-8-20-18(24)25-11-13-5-3-2-4-6-13/h2-6,9-10,15,17,22-23H,7-8,11H2,1H3,(H,20,24). The Morgan fingerprint density at radius 3 is 2.72 bits per heavy atom. The minimum absolute atomic E-state index is 0.158. The summed E-state index contributed by atoms with van der Waals surface area (Å²) < 4.78 is 5.07. The van der Waals surface area contributed by atoms with Crippen molar-refractivity contribution in [2.45, 2.75) is 32.2 Å². The summed E-state index contributed by atoms with van der Waals surface area (Å²) in [5.41, 5.74) is 1.94. The van der Waals surface area contributed by atoms with E-state index in [0.29, 0.717) is 16.3 Å². The summed E-state index contributed by atoms with van der Waals surface area (Å²) in [6.45, 7) is 2.09. The number of alkyl carbamates (subject to hydrolysis) is 1. The van der Waals surface area contributed by atoms with E-state index in [1.165, 1.54) is 6.20 Å². The second-order valence-electron chi connectivity index (χ2n) is 5.65. The van der Waals surface area contributed by atoms with Crippen LogP contribution >= 0.6 is 11.6 Å². The predicted octanol–water partition coefficient (Wildman–Crippen LogP) is 2.75. The van der Waals surface area contributed by atoms with Crippen LogP contribution in [0.4, 0.5) is 4.79 Å². The Morgan fingerprint density at radius 2 is 2.04 bits per heavy atom. The molecular weight excluding hydrogens is 344 g/mol. The van der Waals surface area contributed by atoms with Crippen molar-refractivity contribution in [3.8, 4) is 0 Å². The van der Waals surface area contributed by atoms with E-state index >= 15 is 0 Å². The van der Waals surface area contributed by atoms with Gasteiger partial charge in [-0.15, -0.1) is 0 Å². The molecule has 1 amide bonds. The lowest BCUT2D eigenvalue weighted by atomic mass is 10.0. The van der Waals surface area contributed by atoms with Crippen LogP contribution in [0, 0.1) is 6.92 Å². The zero-order valence-electron chi connectivity index (χ0n) is 13.9. The summed E-state index contributed by atoms with van der Waals surface area (Å²) in [5.74, 6) is 0. The third-order valence-corrected chi connectivity index (χ3v) is 3.86. The second kappa shape index (κ2) is 9.36. The molecule has 6 nitrogen and oxygen atoms in total. The summed E-state index contributed by atoms with van der Waals surface area (Å²) >= 11 is 5.83. The van der Waals surface area contributed by atoms with E-state index in [1.807, 2.05) is 30.3 Å². The Hall–Kier alpha value is -2.15. The summed E-state index contributed by atoms with van der Waals surface area (Å²) in [7, 11) is 0. The van der Waals surface area contributed by atoms with Crippen LogP contribution in [-0.4, -0.2) is 33.9 Å². The molecule has 7 heteroatoms. The molecule has 0 aliphatic heterocycles. The Labute approximate surface area is 151 Å². The van der Waals surface area contributed by atoms with E-state index in [0.717, 1.165) is 5.56 Å². The molecular formula is C18H21ClN2O4. The molecule has 0 aliphatic rings. The number of benzene rings is 1. The second-order valence-corrected chi connectivity index (χ2v) is 6.08. The van der Waals surface area contributed by atoms with Gasteiger partial charge in [-0.1, -0.05) is 41.9 Å². The third-order valence-electron chi connectivity index (χ3n) is 3.65. The van der Waals surface area contributed by atoms with Crippen molar-refractivity contribution >= 4 is 17.7 Å². The first-order chi connectivity index (χ1) is 12.0. The van der Waals surface area contributed by atoms with Crippen molar-refractivity contribution in [3.63, 3.8) is 0 Å². The van der Waals surface area contributed by atoms with Gasteiger partial charge in [0.15, 0.2) is 0 Å². The molecule has 0 saturated carbocycles. The predicted molar refractivity (Wildman–Crippen MR) is 94.2 cm³/mol. The fourth-order valence-corrected chi connectivity index (χ4v) is 2.51. The maximum atomic E-state index is 11.6. The van der Waals surface area contributed by atoms with Crippen molar-refractivity contribution in [3.05, 3.63) is 64.4 Å². The fourth-order valence-electron chi connectivity index (χ4n) is 2.30. The number of nitrogens with one attached hydrogen (secondary N) is 1. The molecule has 2 rings (SSSR count). The topological polar surface area (TPSA) is 91.7 Å². The van der Waals surface area contributed by atoms with E-state index in [4.69, 9.17) is 16.3 Å². The van der Waals surface area contributed by atoms with Gasteiger partial charge in [0.1, 0.15) is 12.7 Å². The van der Waals surface area contributed by atoms with Crippen LogP contribution in [0.5, 0.6) is 0 Å². The average Bonchev–Trinajstić information content (AvgIpc) is 2.60. The average molecular weight is 365 g/mol. The van der Waals surface area contributed by atoms with E-state index in [1.54, 1.807) is 13.0 Å². The van der Waals surface area contributed by atoms with Crippen LogP contribution in [0.2, 0.25) is 5.02 Å². The number of aliphatic hydroxyl groups excluding tert-OH is 2. The zero-order valence-corrected chi connectivity index (χ0v) is 14.6. The summed E-state index contributed by atoms with van der Waals surface area (Å²) in [5, 5.41) is 23.3. The maximum absolute atomic E-state index is 11.6. The third kappa shape index (κ3) is 6.01. The Kier molecular flexibility index (Phi) is 7.18. The number of rotatable bonds is 7. The zero-order chi connectivity index (χ0) is 18.2. The highest BCUT2D eigenvalue weighted by molar-refractivity contribution is 6.30. The lowest BCUT2D eigenvalue weighted by Gasteiger charge is -2.19. The molecule has 0 saturated heterocycles. The van der Waals surface area contributed by atoms with E-state index in [2.05, 4.69) is 10.3 Å². The minimum Gasteiger partial charge on any atom is -0.445 e. The Bertz CT molecular complexity index is 697. The molecule has 0 fully saturated rings. The molecule has 1 aromatic carbocycles. The van der Waals surface area contributed by atoms with Gasteiger partial charge < -0.3 is 20.3 Å². The highest BCUT2D eigenvalue weighted by Crippen LogP contribution is 2.22. The van der Waals surface area contributed by atoms with Gasteiger partial charge in [0.2, 0.25) is 0 Å². The van der Waals surface area contributed by atoms with Gasteiger partial charge in [0, 0.05) is 12.7 Å². The number of amides is 1. The highest BCUT2D eigenvalue weighted by atomic mass is 35.5. The molecule has 0 bridgehead atoms. The molecule has 2 unspecified atom stereocenters. The van der Waals surface area contributed by atoms with E-state index in [-0.39, 0.29) is 19.6 Å². The quantitative estimate of drug-likeness (QED) is 0.702. The van der Waals surface area contributed by atoms with E-state index < -0.39 is 18.3 Å². The number of ether oxygens (including phenoxy) is 1. The maximum Gasteiger partial charge on any atom is 0.407 e.